The van der Waals surface area contributed by atoms with Gasteiger partial charge in [0.25, 0.3) is 0 Å². The Bertz CT molecular complexity index is 598. The minimum absolute atomic E-state index is 0. The lowest BCUT2D eigenvalue weighted by molar-refractivity contribution is -0.132. The fourth-order valence-corrected chi connectivity index (χ4v) is 3.90. The first kappa shape index (κ1) is 19.9. The number of halogens is 1. The van der Waals surface area contributed by atoms with E-state index in [0.717, 1.165) is 13.1 Å². The van der Waals surface area contributed by atoms with Gasteiger partial charge in [-0.15, -0.1) is 12.4 Å². The van der Waals surface area contributed by atoms with E-state index >= 15 is 0 Å². The van der Waals surface area contributed by atoms with Gasteiger partial charge in [-0.2, -0.15) is 5.10 Å². The number of hydrogen-bond acceptors (Lipinski definition) is 5. The monoisotopic (exact) mass is 364 g/mol. The third-order valence-electron chi connectivity index (χ3n) is 4.12. The SMILES string of the molecule is CCS(=O)(=O)CC(C)NC(=O)C1(n2cccn2)CCNCC1.Cl. The van der Waals surface area contributed by atoms with Crippen LogP contribution in [0.4, 0.5) is 0 Å². The van der Waals surface area contributed by atoms with Crippen molar-refractivity contribution in [1.82, 2.24) is 20.4 Å². The van der Waals surface area contributed by atoms with Crippen LogP contribution in [0.25, 0.3) is 0 Å². The molecule has 0 saturated carbocycles. The molecule has 1 aliphatic heterocycles. The van der Waals surface area contributed by atoms with Crippen molar-refractivity contribution in [2.24, 2.45) is 0 Å². The Hall–Kier alpha value is -1.12. The zero-order valence-corrected chi connectivity index (χ0v) is 15.1. The third kappa shape index (κ3) is 4.68. The van der Waals surface area contributed by atoms with Crippen molar-refractivity contribution >= 4 is 28.2 Å². The second-order valence-electron chi connectivity index (χ2n) is 5.81. The van der Waals surface area contributed by atoms with Gasteiger partial charge in [0.2, 0.25) is 5.91 Å². The van der Waals surface area contributed by atoms with Crippen molar-refractivity contribution in [3.8, 4) is 0 Å². The van der Waals surface area contributed by atoms with E-state index in [1.54, 1.807) is 37.0 Å². The highest BCUT2D eigenvalue weighted by Crippen LogP contribution is 2.27. The number of piperidine rings is 1. The zero-order valence-electron chi connectivity index (χ0n) is 13.5. The normalized spacial score (nSPS) is 18.7. The average molecular weight is 365 g/mol. The van der Waals surface area contributed by atoms with Crippen molar-refractivity contribution in [1.29, 1.82) is 0 Å². The van der Waals surface area contributed by atoms with Crippen LogP contribution >= 0.6 is 12.4 Å². The molecule has 132 valence electrons. The van der Waals surface area contributed by atoms with E-state index in [9.17, 15) is 13.2 Å². The minimum Gasteiger partial charge on any atom is -0.351 e. The number of hydrogen-bond donors (Lipinski definition) is 2. The highest BCUT2D eigenvalue weighted by atomic mass is 35.5. The smallest absolute Gasteiger partial charge is 0.248 e. The molecule has 2 N–H and O–H groups in total. The maximum atomic E-state index is 12.8. The topological polar surface area (TPSA) is 93.1 Å². The molecule has 2 rings (SSSR count). The molecule has 7 nitrogen and oxygen atoms in total. The lowest BCUT2D eigenvalue weighted by Crippen LogP contribution is -2.56. The van der Waals surface area contributed by atoms with Crippen molar-refractivity contribution < 1.29 is 13.2 Å². The van der Waals surface area contributed by atoms with E-state index < -0.39 is 21.4 Å². The number of carbonyl (C=O) groups excluding carboxylic acids is 1. The Morgan fingerprint density at radius 1 is 1.43 bits per heavy atom. The van der Waals surface area contributed by atoms with Crippen LogP contribution in [0, 0.1) is 0 Å². The number of carbonyl (C=O) groups is 1. The number of amides is 1. The molecule has 0 bridgehead atoms. The molecule has 1 amide bonds. The summed E-state index contributed by atoms with van der Waals surface area (Å²) < 4.78 is 25.1. The van der Waals surface area contributed by atoms with Crippen molar-refractivity contribution in [2.75, 3.05) is 24.6 Å². The summed E-state index contributed by atoms with van der Waals surface area (Å²) in [7, 11) is -3.12. The quantitative estimate of drug-likeness (QED) is 0.758. The fourth-order valence-electron chi connectivity index (χ4n) is 2.82. The number of aromatic nitrogens is 2. The molecule has 23 heavy (non-hydrogen) atoms. The summed E-state index contributed by atoms with van der Waals surface area (Å²) in [5, 5.41) is 10.3. The average Bonchev–Trinajstić information content (AvgIpc) is 3.02. The Morgan fingerprint density at radius 2 is 2.09 bits per heavy atom. The Kier molecular flexibility index (Phi) is 7.03. The first-order valence-electron chi connectivity index (χ1n) is 7.62. The van der Waals surface area contributed by atoms with Crippen LogP contribution < -0.4 is 10.6 Å². The molecule has 1 atom stereocenters. The standard InChI is InChI=1S/C14H24N4O3S.ClH/c1-3-22(20,21)11-12(2)17-13(19)14(5-8-15-9-6-14)18-10-4-7-16-18;/h4,7,10,12,15H,3,5-6,8-9,11H2,1-2H3,(H,17,19);1H. The van der Waals surface area contributed by atoms with Gasteiger partial charge in [0.05, 0.1) is 5.75 Å². The first-order chi connectivity index (χ1) is 10.4. The molecule has 1 fully saturated rings. The second-order valence-corrected chi connectivity index (χ2v) is 8.20. The Labute approximate surface area is 143 Å². The van der Waals surface area contributed by atoms with Gasteiger partial charge in [0.1, 0.15) is 5.54 Å². The summed E-state index contributed by atoms with van der Waals surface area (Å²) in [4.78, 5) is 12.8. The molecule has 1 aromatic rings. The van der Waals surface area contributed by atoms with Gasteiger partial charge >= 0.3 is 0 Å². The van der Waals surface area contributed by atoms with Gasteiger partial charge < -0.3 is 10.6 Å². The van der Waals surface area contributed by atoms with Gasteiger partial charge in [-0.1, -0.05) is 6.92 Å². The number of nitrogens with one attached hydrogen (secondary N) is 2. The maximum Gasteiger partial charge on any atom is 0.248 e. The van der Waals surface area contributed by atoms with E-state index in [-0.39, 0.29) is 29.8 Å². The Morgan fingerprint density at radius 3 is 2.61 bits per heavy atom. The maximum absolute atomic E-state index is 12.8. The molecule has 9 heteroatoms. The Balaban J connectivity index is 0.00000264. The summed E-state index contributed by atoms with van der Waals surface area (Å²) in [5.41, 5.74) is -0.737. The van der Waals surface area contributed by atoms with Crippen molar-refractivity contribution in [3.63, 3.8) is 0 Å². The molecule has 1 aliphatic rings. The lowest BCUT2D eigenvalue weighted by Gasteiger charge is -2.37. The third-order valence-corrected chi connectivity index (χ3v) is 6.01. The van der Waals surface area contributed by atoms with Crippen molar-refractivity contribution in [2.45, 2.75) is 38.3 Å². The van der Waals surface area contributed by atoms with Gasteiger partial charge in [0, 0.05) is 24.2 Å². The molecule has 1 saturated heterocycles. The van der Waals surface area contributed by atoms with Gasteiger partial charge in [0.15, 0.2) is 9.84 Å². The van der Waals surface area contributed by atoms with Gasteiger partial charge in [-0.3, -0.25) is 9.48 Å². The van der Waals surface area contributed by atoms with Crippen LogP contribution in [0.15, 0.2) is 18.5 Å². The largest absolute Gasteiger partial charge is 0.351 e. The number of rotatable bonds is 6. The molecule has 0 aliphatic carbocycles. The number of nitrogens with zero attached hydrogens (tertiary/aromatic N) is 2. The van der Waals surface area contributed by atoms with Crippen LogP contribution in [-0.4, -0.2) is 54.7 Å². The summed E-state index contributed by atoms with van der Waals surface area (Å²) in [6.45, 7) is 4.80. The molecule has 1 aromatic heterocycles. The molecule has 1 unspecified atom stereocenters. The summed E-state index contributed by atoms with van der Waals surface area (Å²) >= 11 is 0. The summed E-state index contributed by atoms with van der Waals surface area (Å²) in [6.07, 6.45) is 4.71. The van der Waals surface area contributed by atoms with E-state index in [1.807, 2.05) is 0 Å². The van der Waals surface area contributed by atoms with Crippen LogP contribution in [-0.2, 0) is 20.2 Å². The minimum atomic E-state index is -3.12. The van der Waals surface area contributed by atoms with E-state index in [2.05, 4.69) is 15.7 Å². The second kappa shape index (κ2) is 8.12. The van der Waals surface area contributed by atoms with E-state index in [1.165, 1.54) is 0 Å². The van der Waals surface area contributed by atoms with E-state index in [0.29, 0.717) is 12.8 Å². The molecule has 2 heterocycles. The first-order valence-corrected chi connectivity index (χ1v) is 9.44. The molecule has 0 spiro atoms. The van der Waals surface area contributed by atoms with Crippen LogP contribution in [0.5, 0.6) is 0 Å². The van der Waals surface area contributed by atoms with Crippen molar-refractivity contribution in [3.05, 3.63) is 18.5 Å². The number of sulfone groups is 1. The summed E-state index contributed by atoms with van der Waals surface area (Å²) in [6, 6.07) is 1.38. The van der Waals surface area contributed by atoms with Crippen LogP contribution in [0.2, 0.25) is 0 Å². The molecule has 0 radical (unpaired) electrons. The fraction of sp³-hybridized carbons (Fsp3) is 0.714. The molecular formula is C14H25ClN4O3S. The molecule has 0 aromatic carbocycles. The predicted molar refractivity (Wildman–Crippen MR) is 91.5 cm³/mol. The predicted octanol–water partition coefficient (Wildman–Crippen LogP) is 0.323. The highest BCUT2D eigenvalue weighted by Gasteiger charge is 2.42. The van der Waals surface area contributed by atoms with Crippen LogP contribution in [0.1, 0.15) is 26.7 Å². The zero-order chi connectivity index (χ0) is 16.2. The summed E-state index contributed by atoms with van der Waals surface area (Å²) in [5.74, 6) is -0.110. The van der Waals surface area contributed by atoms with Crippen LogP contribution in [0.3, 0.4) is 0 Å². The lowest BCUT2D eigenvalue weighted by atomic mass is 9.87. The highest BCUT2D eigenvalue weighted by molar-refractivity contribution is 7.91. The molecular weight excluding hydrogens is 340 g/mol. The van der Waals surface area contributed by atoms with E-state index in [4.69, 9.17) is 0 Å². The van der Waals surface area contributed by atoms with Gasteiger partial charge in [-0.05, 0) is 38.9 Å². The van der Waals surface area contributed by atoms with Gasteiger partial charge in [-0.25, -0.2) is 8.42 Å².